The van der Waals surface area contributed by atoms with Crippen LogP contribution in [0.3, 0.4) is 0 Å². The Morgan fingerprint density at radius 1 is 1.29 bits per heavy atom. The summed E-state index contributed by atoms with van der Waals surface area (Å²) in [7, 11) is 1.64. The van der Waals surface area contributed by atoms with Gasteiger partial charge in [-0.25, -0.2) is 0 Å². The summed E-state index contributed by atoms with van der Waals surface area (Å²) in [5.41, 5.74) is 0.906. The van der Waals surface area contributed by atoms with Gasteiger partial charge in [0.25, 0.3) is 0 Å². The molecule has 0 bridgehead atoms. The second-order valence-corrected chi connectivity index (χ2v) is 5.72. The molecule has 1 unspecified atom stereocenters. The number of benzene rings is 1. The number of aliphatic hydroxyl groups is 1. The topological polar surface area (TPSA) is 29.5 Å². The van der Waals surface area contributed by atoms with Crippen LogP contribution in [-0.4, -0.2) is 18.0 Å². The van der Waals surface area contributed by atoms with Gasteiger partial charge in [0.2, 0.25) is 0 Å². The van der Waals surface area contributed by atoms with Crippen molar-refractivity contribution >= 4 is 11.8 Å². The van der Waals surface area contributed by atoms with Crippen molar-refractivity contribution in [1.82, 2.24) is 0 Å². The zero-order valence-corrected chi connectivity index (χ0v) is 11.9. The average molecular weight is 254 g/mol. The average Bonchev–Trinajstić information content (AvgIpc) is 2.27. The van der Waals surface area contributed by atoms with Gasteiger partial charge in [0.15, 0.2) is 0 Å². The zero-order valence-electron chi connectivity index (χ0n) is 11.1. The fourth-order valence-corrected chi connectivity index (χ4v) is 3.05. The molecule has 96 valence electrons. The third-order valence-electron chi connectivity index (χ3n) is 2.62. The van der Waals surface area contributed by atoms with Crippen LogP contribution in [0.25, 0.3) is 0 Å². The standard InChI is InChI=1S/C14H22O2S/c1-10(2)8-9-17-13-7-5-6-12(16-4)14(13)11(3)15/h5-7,10-11,15H,8-9H2,1-4H3. The Hall–Kier alpha value is -0.670. The number of hydrogen-bond acceptors (Lipinski definition) is 3. The largest absolute Gasteiger partial charge is 0.496 e. The van der Waals surface area contributed by atoms with Crippen LogP contribution in [0.4, 0.5) is 0 Å². The molecule has 0 saturated heterocycles. The molecule has 17 heavy (non-hydrogen) atoms. The summed E-state index contributed by atoms with van der Waals surface area (Å²) in [5, 5.41) is 9.83. The van der Waals surface area contributed by atoms with Crippen LogP contribution in [0, 0.1) is 5.92 Å². The van der Waals surface area contributed by atoms with E-state index < -0.39 is 6.10 Å². The number of ether oxygens (including phenoxy) is 1. The van der Waals surface area contributed by atoms with E-state index in [1.54, 1.807) is 25.8 Å². The highest BCUT2D eigenvalue weighted by atomic mass is 32.2. The van der Waals surface area contributed by atoms with Gasteiger partial charge in [0.05, 0.1) is 13.2 Å². The normalized spacial score (nSPS) is 12.8. The van der Waals surface area contributed by atoms with Gasteiger partial charge >= 0.3 is 0 Å². The lowest BCUT2D eigenvalue weighted by Crippen LogP contribution is -1.99. The zero-order chi connectivity index (χ0) is 12.8. The summed E-state index contributed by atoms with van der Waals surface area (Å²) >= 11 is 1.79. The van der Waals surface area contributed by atoms with Crippen LogP contribution >= 0.6 is 11.8 Å². The molecule has 0 radical (unpaired) electrons. The van der Waals surface area contributed by atoms with Crippen molar-refractivity contribution < 1.29 is 9.84 Å². The van der Waals surface area contributed by atoms with E-state index in [0.29, 0.717) is 5.92 Å². The van der Waals surface area contributed by atoms with Crippen molar-refractivity contribution in [3.8, 4) is 5.75 Å². The molecule has 0 aliphatic heterocycles. The van der Waals surface area contributed by atoms with Gasteiger partial charge in [-0.2, -0.15) is 0 Å². The number of rotatable bonds is 6. The lowest BCUT2D eigenvalue weighted by molar-refractivity contribution is 0.191. The third-order valence-corrected chi connectivity index (χ3v) is 3.72. The maximum atomic E-state index is 9.83. The summed E-state index contributed by atoms with van der Waals surface area (Å²) in [6.45, 7) is 6.23. The van der Waals surface area contributed by atoms with Crippen molar-refractivity contribution in [2.24, 2.45) is 5.92 Å². The Morgan fingerprint density at radius 2 is 2.00 bits per heavy atom. The van der Waals surface area contributed by atoms with Gasteiger partial charge in [0, 0.05) is 10.5 Å². The lowest BCUT2D eigenvalue weighted by Gasteiger charge is -2.16. The Balaban J connectivity index is 2.83. The Morgan fingerprint density at radius 3 is 2.53 bits per heavy atom. The smallest absolute Gasteiger partial charge is 0.125 e. The monoisotopic (exact) mass is 254 g/mol. The first kappa shape index (κ1) is 14.4. The third kappa shape index (κ3) is 4.25. The number of aliphatic hydroxyl groups excluding tert-OH is 1. The molecule has 1 aromatic rings. The van der Waals surface area contributed by atoms with Crippen molar-refractivity contribution in [3.63, 3.8) is 0 Å². The first-order valence-corrected chi connectivity index (χ1v) is 7.02. The highest BCUT2D eigenvalue weighted by Crippen LogP contribution is 2.35. The SMILES string of the molecule is COc1cccc(SCCC(C)C)c1C(C)O. The molecule has 0 aliphatic carbocycles. The molecule has 1 aromatic carbocycles. The molecule has 0 amide bonds. The molecular formula is C14H22O2S. The summed E-state index contributed by atoms with van der Waals surface area (Å²) in [6, 6.07) is 5.92. The predicted molar refractivity (Wildman–Crippen MR) is 73.8 cm³/mol. The molecule has 3 heteroatoms. The summed E-state index contributed by atoms with van der Waals surface area (Å²) < 4.78 is 5.30. The van der Waals surface area contributed by atoms with Gasteiger partial charge in [-0.3, -0.25) is 0 Å². The number of hydrogen-bond donors (Lipinski definition) is 1. The molecule has 0 heterocycles. The van der Waals surface area contributed by atoms with Gasteiger partial charge < -0.3 is 9.84 Å². The number of methoxy groups -OCH3 is 1. The number of thioether (sulfide) groups is 1. The van der Waals surface area contributed by atoms with Crippen molar-refractivity contribution in [3.05, 3.63) is 23.8 Å². The van der Waals surface area contributed by atoms with E-state index in [1.807, 2.05) is 12.1 Å². The van der Waals surface area contributed by atoms with Gasteiger partial charge in [-0.1, -0.05) is 19.9 Å². The molecule has 1 rings (SSSR count). The van der Waals surface area contributed by atoms with E-state index in [2.05, 4.69) is 19.9 Å². The van der Waals surface area contributed by atoms with Crippen LogP contribution in [-0.2, 0) is 0 Å². The van der Waals surface area contributed by atoms with Crippen LogP contribution in [0.5, 0.6) is 5.75 Å². The minimum absolute atomic E-state index is 0.493. The molecule has 0 saturated carbocycles. The van der Waals surface area contributed by atoms with E-state index in [-0.39, 0.29) is 0 Å². The first-order valence-electron chi connectivity index (χ1n) is 6.04. The molecule has 0 aliphatic rings. The minimum Gasteiger partial charge on any atom is -0.496 e. The summed E-state index contributed by atoms with van der Waals surface area (Å²) in [5.74, 6) is 2.56. The van der Waals surface area contributed by atoms with E-state index in [0.717, 1.165) is 22.0 Å². The van der Waals surface area contributed by atoms with Crippen LogP contribution in [0.2, 0.25) is 0 Å². The van der Waals surface area contributed by atoms with E-state index in [1.165, 1.54) is 6.42 Å². The molecular weight excluding hydrogens is 232 g/mol. The lowest BCUT2D eigenvalue weighted by atomic mass is 10.1. The van der Waals surface area contributed by atoms with E-state index in [9.17, 15) is 5.11 Å². The van der Waals surface area contributed by atoms with Gasteiger partial charge in [-0.05, 0) is 37.1 Å². The molecule has 0 spiro atoms. The fraction of sp³-hybridized carbons (Fsp3) is 0.571. The highest BCUT2D eigenvalue weighted by Gasteiger charge is 2.14. The second-order valence-electron chi connectivity index (χ2n) is 4.58. The molecule has 1 atom stereocenters. The minimum atomic E-state index is -0.493. The summed E-state index contributed by atoms with van der Waals surface area (Å²) in [6.07, 6.45) is 0.689. The van der Waals surface area contributed by atoms with Crippen molar-refractivity contribution in [1.29, 1.82) is 0 Å². The Bertz CT molecular complexity index is 348. The highest BCUT2D eigenvalue weighted by molar-refractivity contribution is 7.99. The maximum Gasteiger partial charge on any atom is 0.125 e. The van der Waals surface area contributed by atoms with Crippen LogP contribution < -0.4 is 4.74 Å². The van der Waals surface area contributed by atoms with E-state index in [4.69, 9.17) is 4.74 Å². The van der Waals surface area contributed by atoms with Crippen LogP contribution in [0.15, 0.2) is 23.1 Å². The maximum absolute atomic E-state index is 9.83. The Labute approximate surface area is 108 Å². The Kier molecular flexibility index (Phi) is 5.86. The fourth-order valence-electron chi connectivity index (χ4n) is 1.64. The van der Waals surface area contributed by atoms with Crippen molar-refractivity contribution in [2.75, 3.05) is 12.9 Å². The second kappa shape index (κ2) is 6.92. The summed E-state index contributed by atoms with van der Waals surface area (Å²) in [4.78, 5) is 1.13. The molecule has 0 fully saturated rings. The van der Waals surface area contributed by atoms with Gasteiger partial charge in [0.1, 0.15) is 5.75 Å². The molecule has 0 aromatic heterocycles. The quantitative estimate of drug-likeness (QED) is 0.781. The van der Waals surface area contributed by atoms with E-state index >= 15 is 0 Å². The van der Waals surface area contributed by atoms with Gasteiger partial charge in [-0.15, -0.1) is 11.8 Å². The molecule has 1 N–H and O–H groups in total. The van der Waals surface area contributed by atoms with Crippen LogP contribution in [0.1, 0.15) is 38.9 Å². The first-order chi connectivity index (χ1) is 8.06. The predicted octanol–water partition coefficient (Wildman–Crippen LogP) is 3.89. The van der Waals surface area contributed by atoms with Crippen molar-refractivity contribution in [2.45, 2.75) is 38.2 Å². The molecule has 2 nitrogen and oxygen atoms in total.